The molecule has 25 heavy (non-hydrogen) atoms. The van der Waals surface area contributed by atoms with E-state index in [4.69, 9.17) is 0 Å². The number of aryl methyl sites for hydroxylation is 2. The summed E-state index contributed by atoms with van der Waals surface area (Å²) >= 11 is 1.75. The van der Waals surface area contributed by atoms with E-state index in [9.17, 15) is 0 Å². The summed E-state index contributed by atoms with van der Waals surface area (Å²) in [5.74, 6) is 0.896. The van der Waals surface area contributed by atoms with Gasteiger partial charge in [0.05, 0.1) is 5.01 Å². The highest BCUT2D eigenvalue weighted by atomic mass is 127. The molecule has 1 aromatic heterocycles. The van der Waals surface area contributed by atoms with Crippen molar-refractivity contribution in [1.82, 2.24) is 15.6 Å². The molecule has 0 amide bonds. The van der Waals surface area contributed by atoms with E-state index in [2.05, 4.69) is 56.3 Å². The summed E-state index contributed by atoms with van der Waals surface area (Å²) in [5, 5.41) is 10.2. The van der Waals surface area contributed by atoms with E-state index in [0.29, 0.717) is 5.41 Å². The van der Waals surface area contributed by atoms with Crippen LogP contribution in [0.25, 0.3) is 0 Å². The molecule has 0 unspecified atom stereocenters. The van der Waals surface area contributed by atoms with Crippen molar-refractivity contribution in [2.24, 2.45) is 4.99 Å². The number of thiazole rings is 1. The van der Waals surface area contributed by atoms with Gasteiger partial charge in [0.15, 0.2) is 5.96 Å². The Morgan fingerprint density at radius 2 is 2.00 bits per heavy atom. The first-order valence-electron chi connectivity index (χ1n) is 8.63. The Labute approximate surface area is 171 Å². The molecule has 136 valence electrons. The Bertz CT molecular complexity index is 680. The van der Waals surface area contributed by atoms with Crippen LogP contribution >= 0.6 is 35.3 Å². The van der Waals surface area contributed by atoms with E-state index in [1.54, 1.807) is 11.3 Å². The van der Waals surface area contributed by atoms with E-state index in [1.165, 1.54) is 23.4 Å². The zero-order chi connectivity index (χ0) is 16.8. The molecule has 1 saturated carbocycles. The van der Waals surface area contributed by atoms with Crippen LogP contribution in [0.4, 0.5) is 0 Å². The second-order valence-corrected chi connectivity index (χ2v) is 7.43. The number of nitrogens with one attached hydrogen (secondary N) is 2. The van der Waals surface area contributed by atoms with Gasteiger partial charge in [0.1, 0.15) is 0 Å². The van der Waals surface area contributed by atoms with Gasteiger partial charge >= 0.3 is 0 Å². The predicted molar refractivity (Wildman–Crippen MR) is 117 cm³/mol. The number of hydrogen-bond acceptors (Lipinski definition) is 3. The third-order valence-electron chi connectivity index (χ3n) is 4.58. The fourth-order valence-corrected chi connectivity index (χ4v) is 3.77. The minimum atomic E-state index is 0. The van der Waals surface area contributed by atoms with Crippen molar-refractivity contribution in [3.05, 3.63) is 52.0 Å². The molecule has 4 nitrogen and oxygen atoms in total. The Morgan fingerprint density at radius 1 is 1.24 bits per heavy atom. The van der Waals surface area contributed by atoms with Gasteiger partial charge in [-0.2, -0.15) is 0 Å². The summed E-state index contributed by atoms with van der Waals surface area (Å²) in [6.45, 7) is 3.91. The summed E-state index contributed by atoms with van der Waals surface area (Å²) in [4.78, 5) is 8.85. The number of aliphatic imine (C=N–C) groups is 1. The van der Waals surface area contributed by atoms with Crippen LogP contribution in [0.2, 0.25) is 0 Å². The topological polar surface area (TPSA) is 49.3 Å². The average molecular weight is 470 g/mol. The van der Waals surface area contributed by atoms with Gasteiger partial charge in [0.25, 0.3) is 0 Å². The monoisotopic (exact) mass is 470 g/mol. The molecular weight excluding hydrogens is 443 g/mol. The quantitative estimate of drug-likeness (QED) is 0.279. The van der Waals surface area contributed by atoms with Crippen LogP contribution in [-0.4, -0.2) is 31.1 Å². The normalized spacial score (nSPS) is 15.4. The number of hydrogen-bond donors (Lipinski definition) is 2. The first-order valence-corrected chi connectivity index (χ1v) is 9.51. The van der Waals surface area contributed by atoms with Crippen molar-refractivity contribution in [2.75, 3.05) is 20.1 Å². The minimum absolute atomic E-state index is 0. The summed E-state index contributed by atoms with van der Waals surface area (Å²) in [5.41, 5.74) is 2.86. The van der Waals surface area contributed by atoms with Gasteiger partial charge in [-0.25, -0.2) is 4.98 Å². The second-order valence-electron chi connectivity index (χ2n) is 6.49. The standard InChI is InChI=1S/C19H26N4S.HI/c1-15-13-24-17(23-15)9-6-12-21-18(20-2)22-14-19(10-11-19)16-7-4-3-5-8-16;/h3-5,7-8,13H,6,9-12,14H2,1-2H3,(H2,20,21,22);1H. The highest BCUT2D eigenvalue weighted by Gasteiger charge is 2.43. The van der Waals surface area contributed by atoms with Crippen LogP contribution in [0.3, 0.4) is 0 Å². The van der Waals surface area contributed by atoms with Gasteiger partial charge < -0.3 is 10.6 Å². The molecule has 0 aliphatic heterocycles. The molecule has 0 radical (unpaired) electrons. The molecule has 1 aliphatic rings. The zero-order valence-corrected chi connectivity index (χ0v) is 18.1. The van der Waals surface area contributed by atoms with Crippen LogP contribution in [0.15, 0.2) is 40.7 Å². The van der Waals surface area contributed by atoms with Gasteiger partial charge in [-0.05, 0) is 31.7 Å². The lowest BCUT2D eigenvalue weighted by Gasteiger charge is -2.19. The molecule has 1 aliphatic carbocycles. The van der Waals surface area contributed by atoms with E-state index in [1.807, 2.05) is 14.0 Å². The Hall–Kier alpha value is -1.15. The minimum Gasteiger partial charge on any atom is -0.356 e. The predicted octanol–water partition coefficient (Wildman–Crippen LogP) is 3.90. The van der Waals surface area contributed by atoms with Gasteiger partial charge in [-0.15, -0.1) is 35.3 Å². The van der Waals surface area contributed by atoms with Crippen molar-refractivity contribution in [3.8, 4) is 0 Å². The lowest BCUT2D eigenvalue weighted by molar-refractivity contribution is 0.642. The fourth-order valence-electron chi connectivity index (χ4n) is 2.95. The Balaban J connectivity index is 0.00000225. The summed E-state index contributed by atoms with van der Waals surface area (Å²) < 4.78 is 0. The first-order chi connectivity index (χ1) is 11.7. The molecule has 0 saturated heterocycles. The maximum Gasteiger partial charge on any atom is 0.191 e. The largest absolute Gasteiger partial charge is 0.356 e. The third kappa shape index (κ3) is 5.67. The molecule has 0 spiro atoms. The SMILES string of the molecule is CN=C(NCCCc1nc(C)cs1)NCC1(c2ccccc2)CC1.I. The number of guanidine groups is 1. The molecule has 0 bridgehead atoms. The van der Waals surface area contributed by atoms with Gasteiger partial charge in [0.2, 0.25) is 0 Å². The van der Waals surface area contributed by atoms with Gasteiger partial charge in [-0.3, -0.25) is 4.99 Å². The van der Waals surface area contributed by atoms with Gasteiger partial charge in [0, 0.05) is 43.0 Å². The van der Waals surface area contributed by atoms with Crippen LogP contribution in [0.5, 0.6) is 0 Å². The van der Waals surface area contributed by atoms with Crippen molar-refractivity contribution >= 4 is 41.3 Å². The number of rotatable bonds is 7. The highest BCUT2D eigenvalue weighted by molar-refractivity contribution is 14.0. The summed E-state index contributed by atoms with van der Waals surface area (Å²) in [7, 11) is 1.83. The van der Waals surface area contributed by atoms with Crippen molar-refractivity contribution in [2.45, 2.75) is 38.0 Å². The maximum atomic E-state index is 4.50. The molecule has 1 aromatic carbocycles. The number of nitrogens with zero attached hydrogens (tertiary/aromatic N) is 2. The Morgan fingerprint density at radius 3 is 2.60 bits per heavy atom. The summed E-state index contributed by atoms with van der Waals surface area (Å²) in [6.07, 6.45) is 4.60. The van der Waals surface area contributed by atoms with E-state index < -0.39 is 0 Å². The molecule has 6 heteroatoms. The average Bonchev–Trinajstić information content (AvgIpc) is 3.30. The van der Waals surface area contributed by atoms with E-state index >= 15 is 0 Å². The highest BCUT2D eigenvalue weighted by Crippen LogP contribution is 2.47. The number of benzene rings is 1. The fraction of sp³-hybridized carbons (Fsp3) is 0.474. The number of aromatic nitrogens is 1. The van der Waals surface area contributed by atoms with Crippen molar-refractivity contribution in [3.63, 3.8) is 0 Å². The molecule has 2 N–H and O–H groups in total. The molecule has 0 atom stereocenters. The van der Waals surface area contributed by atoms with Crippen LogP contribution in [0, 0.1) is 6.92 Å². The Kier molecular flexibility index (Phi) is 7.68. The van der Waals surface area contributed by atoms with Crippen molar-refractivity contribution in [1.29, 1.82) is 0 Å². The molecule has 1 fully saturated rings. The zero-order valence-electron chi connectivity index (χ0n) is 14.9. The molecular formula is C19H27IN4S. The van der Waals surface area contributed by atoms with Gasteiger partial charge in [-0.1, -0.05) is 30.3 Å². The van der Waals surface area contributed by atoms with E-state index in [0.717, 1.165) is 37.6 Å². The van der Waals surface area contributed by atoms with Crippen LogP contribution < -0.4 is 10.6 Å². The smallest absolute Gasteiger partial charge is 0.191 e. The molecule has 2 aromatic rings. The van der Waals surface area contributed by atoms with Crippen molar-refractivity contribution < 1.29 is 0 Å². The molecule has 1 heterocycles. The van der Waals surface area contributed by atoms with Crippen LogP contribution in [0.1, 0.15) is 35.5 Å². The summed E-state index contributed by atoms with van der Waals surface area (Å²) in [6, 6.07) is 10.8. The van der Waals surface area contributed by atoms with E-state index in [-0.39, 0.29) is 24.0 Å². The van der Waals surface area contributed by atoms with Crippen LogP contribution in [-0.2, 0) is 11.8 Å². The molecule has 3 rings (SSSR count). The maximum absolute atomic E-state index is 4.50. The second kappa shape index (κ2) is 9.52. The first kappa shape index (κ1) is 20.2. The third-order valence-corrected chi connectivity index (χ3v) is 5.61. The number of halogens is 1. The lowest BCUT2D eigenvalue weighted by Crippen LogP contribution is -2.41. The lowest BCUT2D eigenvalue weighted by atomic mass is 9.96.